The number of nitrogens with one attached hydrogen (secondary N) is 1. The second-order valence-corrected chi connectivity index (χ2v) is 7.44. The Morgan fingerprint density at radius 3 is 2.43 bits per heavy atom. The minimum atomic E-state index is -0.115. The number of halogens is 1. The van der Waals surface area contributed by atoms with Gasteiger partial charge in [0, 0.05) is 31.6 Å². The number of amides is 1. The van der Waals surface area contributed by atoms with Gasteiger partial charge in [-0.1, -0.05) is 41.9 Å². The molecule has 0 saturated carbocycles. The quantitative estimate of drug-likeness (QED) is 0.663. The minimum Gasteiger partial charge on any atom is -0.354 e. The molecular formula is C21H25ClN4O2. The Labute approximate surface area is 169 Å². The number of hydrogen-bond donors (Lipinski definition) is 1. The summed E-state index contributed by atoms with van der Waals surface area (Å²) in [6.45, 7) is 0.782. The van der Waals surface area contributed by atoms with Crippen molar-refractivity contribution in [3.63, 3.8) is 0 Å². The standard InChI is InChI=1S/C21H25ClN4O2/c1-24(2)19(15-8-4-5-9-16(15)22)14-23-20(27)12-13-26-18-11-7-6-10-17(18)25(3)21(26)28/h4-11,19H,12-14H2,1-3H3,(H,23,27). The van der Waals surface area contributed by atoms with Crippen molar-refractivity contribution in [1.82, 2.24) is 19.4 Å². The van der Waals surface area contributed by atoms with Gasteiger partial charge in [0.05, 0.1) is 17.1 Å². The van der Waals surface area contributed by atoms with Crippen LogP contribution in [0.15, 0.2) is 53.3 Å². The molecule has 0 saturated heterocycles. The van der Waals surface area contributed by atoms with Crippen molar-refractivity contribution in [2.24, 2.45) is 7.05 Å². The number of aromatic nitrogens is 2. The van der Waals surface area contributed by atoms with E-state index in [0.29, 0.717) is 18.1 Å². The second kappa shape index (κ2) is 8.63. The Morgan fingerprint density at radius 2 is 1.75 bits per heavy atom. The van der Waals surface area contributed by atoms with E-state index < -0.39 is 0 Å². The molecule has 0 aliphatic rings. The van der Waals surface area contributed by atoms with Crippen molar-refractivity contribution < 1.29 is 4.79 Å². The normalized spacial score (nSPS) is 12.5. The number of fused-ring (bicyclic) bond motifs is 1. The maximum atomic E-state index is 12.5. The summed E-state index contributed by atoms with van der Waals surface area (Å²) in [4.78, 5) is 26.9. The predicted molar refractivity (Wildman–Crippen MR) is 113 cm³/mol. The number of nitrogens with zero attached hydrogens (tertiary/aromatic N) is 3. The lowest BCUT2D eigenvalue weighted by molar-refractivity contribution is -0.121. The van der Waals surface area contributed by atoms with Gasteiger partial charge >= 0.3 is 5.69 Å². The summed E-state index contributed by atoms with van der Waals surface area (Å²) in [7, 11) is 5.65. The van der Waals surface area contributed by atoms with Gasteiger partial charge in [-0.15, -0.1) is 0 Å². The smallest absolute Gasteiger partial charge is 0.328 e. The first-order valence-corrected chi connectivity index (χ1v) is 9.59. The molecule has 0 bridgehead atoms. The summed E-state index contributed by atoms with van der Waals surface area (Å²) in [5.41, 5.74) is 2.56. The van der Waals surface area contributed by atoms with Crippen LogP contribution in [0.4, 0.5) is 0 Å². The molecule has 1 amide bonds. The van der Waals surface area contributed by atoms with Gasteiger partial charge in [-0.3, -0.25) is 13.9 Å². The number of aryl methyl sites for hydroxylation is 2. The van der Waals surface area contributed by atoms with Crippen molar-refractivity contribution in [1.29, 1.82) is 0 Å². The zero-order valence-electron chi connectivity index (χ0n) is 16.4. The van der Waals surface area contributed by atoms with E-state index in [1.807, 2.05) is 67.5 Å². The van der Waals surface area contributed by atoms with Crippen LogP contribution in [0.3, 0.4) is 0 Å². The van der Waals surface area contributed by atoms with Crippen LogP contribution in [-0.4, -0.2) is 40.6 Å². The molecule has 2 aromatic carbocycles. The molecule has 1 aromatic heterocycles. The summed E-state index contributed by atoms with van der Waals surface area (Å²) in [6, 6.07) is 15.2. The van der Waals surface area contributed by atoms with E-state index in [1.165, 1.54) is 0 Å². The van der Waals surface area contributed by atoms with Gasteiger partial charge in [0.25, 0.3) is 0 Å². The molecule has 148 valence electrons. The van der Waals surface area contributed by atoms with E-state index in [0.717, 1.165) is 16.6 Å². The number of para-hydroxylation sites is 2. The van der Waals surface area contributed by atoms with E-state index in [1.54, 1.807) is 16.2 Å². The van der Waals surface area contributed by atoms with Crippen molar-refractivity contribution in [3.8, 4) is 0 Å². The molecule has 0 radical (unpaired) electrons. The van der Waals surface area contributed by atoms with Gasteiger partial charge in [-0.2, -0.15) is 0 Å². The summed E-state index contributed by atoms with van der Waals surface area (Å²) in [5.74, 6) is -0.0984. The topological polar surface area (TPSA) is 59.3 Å². The van der Waals surface area contributed by atoms with Crippen LogP contribution in [0.1, 0.15) is 18.0 Å². The van der Waals surface area contributed by atoms with Gasteiger partial charge in [0.15, 0.2) is 0 Å². The van der Waals surface area contributed by atoms with E-state index in [2.05, 4.69) is 5.32 Å². The molecule has 3 aromatic rings. The second-order valence-electron chi connectivity index (χ2n) is 7.04. The number of likely N-dealkylation sites (N-methyl/N-ethyl adjacent to an activating group) is 1. The van der Waals surface area contributed by atoms with Crippen molar-refractivity contribution in [2.75, 3.05) is 20.6 Å². The molecule has 0 aliphatic heterocycles. The average Bonchev–Trinajstić information content (AvgIpc) is 2.92. The van der Waals surface area contributed by atoms with Crippen LogP contribution in [0.2, 0.25) is 5.02 Å². The van der Waals surface area contributed by atoms with Crippen LogP contribution >= 0.6 is 11.6 Å². The number of hydrogen-bond acceptors (Lipinski definition) is 3. The third-order valence-electron chi connectivity index (χ3n) is 4.99. The summed E-state index contributed by atoms with van der Waals surface area (Å²) < 4.78 is 3.25. The minimum absolute atomic E-state index is 0.0297. The number of carbonyl (C=O) groups is 1. The Hall–Kier alpha value is -2.57. The molecule has 0 fully saturated rings. The Kier molecular flexibility index (Phi) is 6.21. The Bertz CT molecular complexity index is 1040. The third-order valence-corrected chi connectivity index (χ3v) is 5.34. The fraction of sp³-hybridized carbons (Fsp3) is 0.333. The van der Waals surface area contributed by atoms with E-state index in [9.17, 15) is 9.59 Å². The molecule has 28 heavy (non-hydrogen) atoms. The lowest BCUT2D eigenvalue weighted by atomic mass is 10.1. The first kappa shape index (κ1) is 20.2. The molecular weight excluding hydrogens is 376 g/mol. The number of imidazole rings is 1. The largest absolute Gasteiger partial charge is 0.354 e. The van der Waals surface area contributed by atoms with Crippen LogP contribution < -0.4 is 11.0 Å². The van der Waals surface area contributed by atoms with E-state index >= 15 is 0 Å². The maximum absolute atomic E-state index is 12.5. The SMILES string of the molecule is CN(C)C(CNC(=O)CCn1c(=O)n(C)c2ccccc21)c1ccccc1Cl. The number of benzene rings is 2. The molecule has 0 spiro atoms. The summed E-state index contributed by atoms with van der Waals surface area (Å²) >= 11 is 6.32. The lowest BCUT2D eigenvalue weighted by Gasteiger charge is -2.26. The first-order chi connectivity index (χ1) is 13.4. The fourth-order valence-electron chi connectivity index (χ4n) is 3.41. The zero-order chi connectivity index (χ0) is 20.3. The van der Waals surface area contributed by atoms with Crippen molar-refractivity contribution >= 4 is 28.5 Å². The van der Waals surface area contributed by atoms with Crippen LogP contribution in [0.25, 0.3) is 11.0 Å². The van der Waals surface area contributed by atoms with Gasteiger partial charge in [-0.25, -0.2) is 4.79 Å². The molecule has 1 heterocycles. The molecule has 3 rings (SSSR count). The van der Waals surface area contributed by atoms with Gasteiger partial charge in [0.1, 0.15) is 0 Å². The highest BCUT2D eigenvalue weighted by Gasteiger charge is 2.18. The Morgan fingerprint density at radius 1 is 1.11 bits per heavy atom. The fourth-order valence-corrected chi connectivity index (χ4v) is 3.67. The predicted octanol–water partition coefficient (Wildman–Crippen LogP) is 2.80. The summed E-state index contributed by atoms with van der Waals surface area (Å²) in [5, 5.41) is 3.65. The number of carbonyl (C=O) groups excluding carboxylic acids is 1. The monoisotopic (exact) mass is 400 g/mol. The van der Waals surface area contributed by atoms with Gasteiger partial charge in [0.2, 0.25) is 5.91 Å². The molecule has 6 nitrogen and oxygen atoms in total. The zero-order valence-corrected chi connectivity index (χ0v) is 17.1. The van der Waals surface area contributed by atoms with Gasteiger partial charge < -0.3 is 10.2 Å². The molecule has 7 heteroatoms. The average molecular weight is 401 g/mol. The van der Waals surface area contributed by atoms with E-state index in [-0.39, 0.29) is 24.1 Å². The highest BCUT2D eigenvalue weighted by molar-refractivity contribution is 6.31. The van der Waals surface area contributed by atoms with Crippen LogP contribution in [-0.2, 0) is 18.4 Å². The van der Waals surface area contributed by atoms with Crippen molar-refractivity contribution in [2.45, 2.75) is 19.0 Å². The number of rotatable bonds is 7. The highest BCUT2D eigenvalue weighted by Crippen LogP contribution is 2.25. The summed E-state index contributed by atoms with van der Waals surface area (Å²) in [6.07, 6.45) is 0.233. The van der Waals surface area contributed by atoms with Crippen molar-refractivity contribution in [3.05, 3.63) is 69.6 Å². The molecule has 1 N–H and O–H groups in total. The first-order valence-electron chi connectivity index (χ1n) is 9.22. The third kappa shape index (κ3) is 4.13. The molecule has 1 unspecified atom stereocenters. The van der Waals surface area contributed by atoms with Gasteiger partial charge in [-0.05, 0) is 37.9 Å². The molecule has 1 atom stereocenters. The van der Waals surface area contributed by atoms with E-state index in [4.69, 9.17) is 11.6 Å². The Balaban J connectivity index is 1.66. The highest BCUT2D eigenvalue weighted by atomic mass is 35.5. The lowest BCUT2D eigenvalue weighted by Crippen LogP contribution is -2.35. The maximum Gasteiger partial charge on any atom is 0.328 e. The van der Waals surface area contributed by atoms with Crippen LogP contribution in [0.5, 0.6) is 0 Å². The van der Waals surface area contributed by atoms with Crippen LogP contribution in [0, 0.1) is 0 Å². The molecule has 0 aliphatic carbocycles.